The number of hydrogen-bond acceptors (Lipinski definition) is 4. The molecule has 2 N–H and O–H groups in total. The molecule has 1 amide bonds. The summed E-state index contributed by atoms with van der Waals surface area (Å²) in [6.45, 7) is 6.23. The predicted octanol–water partition coefficient (Wildman–Crippen LogP) is 3.30. The van der Waals surface area contributed by atoms with Crippen molar-refractivity contribution in [3.8, 4) is 0 Å². The van der Waals surface area contributed by atoms with Crippen LogP contribution < -0.4 is 5.32 Å². The minimum Gasteiger partial charge on any atom is -0.480 e. The van der Waals surface area contributed by atoms with E-state index in [4.69, 9.17) is 4.74 Å². The summed E-state index contributed by atoms with van der Waals surface area (Å²) in [6.07, 6.45) is -0.450. The third kappa shape index (κ3) is 6.23. The molecule has 0 radical (unpaired) electrons. The lowest BCUT2D eigenvalue weighted by atomic mass is 9.86. The van der Waals surface area contributed by atoms with Gasteiger partial charge in [0.25, 0.3) is 5.91 Å². The number of aliphatic carboxylic acids is 1. The van der Waals surface area contributed by atoms with E-state index in [9.17, 15) is 19.5 Å². The van der Waals surface area contributed by atoms with Gasteiger partial charge in [-0.3, -0.25) is 9.59 Å². The first-order chi connectivity index (χ1) is 13.2. The number of nitrogens with one attached hydrogen (secondary N) is 1. The van der Waals surface area contributed by atoms with Crippen LogP contribution in [0.4, 0.5) is 0 Å². The van der Waals surface area contributed by atoms with E-state index in [0.29, 0.717) is 5.56 Å². The summed E-state index contributed by atoms with van der Waals surface area (Å²) < 4.78 is 5.10. The molecule has 0 bridgehead atoms. The Morgan fingerprint density at radius 1 is 1.00 bits per heavy atom. The Morgan fingerprint density at radius 2 is 1.61 bits per heavy atom. The Morgan fingerprint density at radius 3 is 2.14 bits per heavy atom. The molecule has 0 heterocycles. The molecule has 6 heteroatoms. The fourth-order valence-electron chi connectivity index (χ4n) is 2.53. The number of ether oxygens (including phenoxy) is 1. The van der Waals surface area contributed by atoms with Gasteiger partial charge in [-0.05, 0) is 28.7 Å². The van der Waals surface area contributed by atoms with E-state index in [1.165, 1.54) is 0 Å². The van der Waals surface area contributed by atoms with Crippen molar-refractivity contribution in [3.05, 3.63) is 71.3 Å². The van der Waals surface area contributed by atoms with Crippen molar-refractivity contribution in [2.24, 2.45) is 0 Å². The van der Waals surface area contributed by atoms with E-state index in [2.05, 4.69) is 26.1 Å². The second kappa shape index (κ2) is 9.17. The van der Waals surface area contributed by atoms with Crippen molar-refractivity contribution in [1.82, 2.24) is 5.32 Å². The lowest BCUT2D eigenvalue weighted by Gasteiger charge is -2.19. The summed E-state index contributed by atoms with van der Waals surface area (Å²) in [5.74, 6) is -2.54. The standard InChI is InChI=1S/C22H25NO5/c1-22(2,3)17-11-9-16(10-12-17)20(25)23-18(21(26)27)13-19(24)28-14-15-7-5-4-6-8-15/h4-12,18H,13-14H2,1-3H3,(H,23,25)(H,26,27)/t18-/m1/s1. The van der Waals surface area contributed by atoms with Gasteiger partial charge in [-0.1, -0.05) is 63.2 Å². The highest BCUT2D eigenvalue weighted by molar-refractivity contribution is 5.97. The Bertz CT molecular complexity index is 822. The first-order valence-electron chi connectivity index (χ1n) is 9.00. The maximum absolute atomic E-state index is 12.4. The van der Waals surface area contributed by atoms with Gasteiger partial charge < -0.3 is 15.2 Å². The Hall–Kier alpha value is -3.15. The molecule has 0 saturated heterocycles. The van der Waals surface area contributed by atoms with E-state index < -0.39 is 30.3 Å². The molecule has 2 aromatic rings. The molecule has 2 aromatic carbocycles. The van der Waals surface area contributed by atoms with Crippen LogP contribution in [0.3, 0.4) is 0 Å². The molecule has 1 atom stereocenters. The number of hydrogen-bond donors (Lipinski definition) is 2. The lowest BCUT2D eigenvalue weighted by molar-refractivity contribution is -0.150. The van der Waals surface area contributed by atoms with Gasteiger partial charge in [0.1, 0.15) is 12.6 Å². The molecule has 0 aliphatic carbocycles. The number of esters is 1. The second-order valence-electron chi connectivity index (χ2n) is 7.54. The van der Waals surface area contributed by atoms with E-state index in [1.54, 1.807) is 24.3 Å². The van der Waals surface area contributed by atoms with Crippen LogP contribution in [0.25, 0.3) is 0 Å². The Kier molecular flexibility index (Phi) is 6.93. The highest BCUT2D eigenvalue weighted by Gasteiger charge is 2.25. The van der Waals surface area contributed by atoms with E-state index in [0.717, 1.165) is 11.1 Å². The average molecular weight is 383 g/mol. The second-order valence-corrected chi connectivity index (χ2v) is 7.54. The topological polar surface area (TPSA) is 92.7 Å². The van der Waals surface area contributed by atoms with Crippen LogP contribution in [-0.4, -0.2) is 29.0 Å². The van der Waals surface area contributed by atoms with E-state index in [1.807, 2.05) is 30.3 Å². The van der Waals surface area contributed by atoms with Crippen LogP contribution in [0.1, 0.15) is 48.7 Å². The quantitative estimate of drug-likeness (QED) is 0.716. The van der Waals surface area contributed by atoms with Gasteiger partial charge in [0.15, 0.2) is 0 Å². The maximum atomic E-state index is 12.4. The van der Waals surface area contributed by atoms with Crippen LogP contribution in [0.15, 0.2) is 54.6 Å². The van der Waals surface area contributed by atoms with Gasteiger partial charge in [0, 0.05) is 5.56 Å². The number of carbonyl (C=O) groups excluding carboxylic acids is 2. The van der Waals surface area contributed by atoms with Gasteiger partial charge in [0.2, 0.25) is 0 Å². The third-order valence-electron chi connectivity index (χ3n) is 4.23. The number of carbonyl (C=O) groups is 3. The van der Waals surface area contributed by atoms with Crippen LogP contribution >= 0.6 is 0 Å². The van der Waals surface area contributed by atoms with Crippen LogP contribution in [-0.2, 0) is 26.3 Å². The summed E-state index contributed by atoms with van der Waals surface area (Å²) >= 11 is 0. The Balaban J connectivity index is 1.95. The largest absolute Gasteiger partial charge is 0.480 e. The molecule has 0 unspecified atom stereocenters. The number of benzene rings is 2. The number of amides is 1. The summed E-state index contributed by atoms with van der Waals surface area (Å²) in [4.78, 5) is 35.8. The zero-order chi connectivity index (χ0) is 20.7. The smallest absolute Gasteiger partial charge is 0.326 e. The van der Waals surface area contributed by atoms with Crippen molar-refractivity contribution < 1.29 is 24.2 Å². The zero-order valence-corrected chi connectivity index (χ0v) is 16.3. The van der Waals surface area contributed by atoms with Crippen LogP contribution in [0, 0.1) is 0 Å². The molecule has 0 fully saturated rings. The number of carboxylic acids is 1. The summed E-state index contributed by atoms with van der Waals surface area (Å²) in [5, 5.41) is 11.7. The van der Waals surface area contributed by atoms with E-state index >= 15 is 0 Å². The summed E-state index contributed by atoms with van der Waals surface area (Å²) in [6, 6.07) is 14.6. The molecular weight excluding hydrogens is 358 g/mol. The first-order valence-corrected chi connectivity index (χ1v) is 9.00. The van der Waals surface area contributed by atoms with Crippen molar-refractivity contribution in [2.45, 2.75) is 45.3 Å². The van der Waals surface area contributed by atoms with Gasteiger partial charge in [-0.15, -0.1) is 0 Å². The molecule has 6 nitrogen and oxygen atoms in total. The molecule has 0 spiro atoms. The van der Waals surface area contributed by atoms with Crippen molar-refractivity contribution in [1.29, 1.82) is 0 Å². The minimum atomic E-state index is -1.36. The fourth-order valence-corrected chi connectivity index (χ4v) is 2.53. The molecule has 2 rings (SSSR count). The van der Waals surface area contributed by atoms with Crippen molar-refractivity contribution in [2.75, 3.05) is 0 Å². The summed E-state index contributed by atoms with van der Waals surface area (Å²) in [5.41, 5.74) is 2.13. The minimum absolute atomic E-state index is 0.0498. The zero-order valence-electron chi connectivity index (χ0n) is 16.3. The van der Waals surface area contributed by atoms with E-state index in [-0.39, 0.29) is 12.0 Å². The lowest BCUT2D eigenvalue weighted by Crippen LogP contribution is -2.42. The van der Waals surface area contributed by atoms with Gasteiger partial charge in [-0.2, -0.15) is 0 Å². The maximum Gasteiger partial charge on any atom is 0.326 e. The van der Waals surface area contributed by atoms with Crippen molar-refractivity contribution in [3.63, 3.8) is 0 Å². The monoisotopic (exact) mass is 383 g/mol. The average Bonchev–Trinajstić information content (AvgIpc) is 2.66. The predicted molar refractivity (Wildman–Crippen MR) is 105 cm³/mol. The normalized spacial score (nSPS) is 12.1. The van der Waals surface area contributed by atoms with Gasteiger partial charge >= 0.3 is 11.9 Å². The molecular formula is C22H25NO5. The van der Waals surface area contributed by atoms with Gasteiger partial charge in [-0.25, -0.2) is 4.79 Å². The third-order valence-corrected chi connectivity index (χ3v) is 4.23. The summed E-state index contributed by atoms with van der Waals surface area (Å²) in [7, 11) is 0. The molecule has 0 saturated carbocycles. The molecule has 0 aliphatic heterocycles. The number of carboxylic acid groups (broad SMARTS) is 1. The highest BCUT2D eigenvalue weighted by Crippen LogP contribution is 2.22. The Labute approximate surface area is 164 Å². The van der Waals surface area contributed by atoms with Crippen LogP contribution in [0.5, 0.6) is 0 Å². The number of rotatable bonds is 7. The van der Waals surface area contributed by atoms with Crippen LogP contribution in [0.2, 0.25) is 0 Å². The molecule has 0 aromatic heterocycles. The fraction of sp³-hybridized carbons (Fsp3) is 0.318. The highest BCUT2D eigenvalue weighted by atomic mass is 16.5. The SMILES string of the molecule is CC(C)(C)c1ccc(C(=O)N[C@H](CC(=O)OCc2ccccc2)C(=O)O)cc1. The molecule has 28 heavy (non-hydrogen) atoms. The molecule has 0 aliphatic rings. The van der Waals surface area contributed by atoms with Crippen molar-refractivity contribution >= 4 is 17.8 Å². The van der Waals surface area contributed by atoms with Gasteiger partial charge in [0.05, 0.1) is 6.42 Å². The molecule has 148 valence electrons. The first kappa shape index (κ1) is 21.2.